The summed E-state index contributed by atoms with van der Waals surface area (Å²) in [6.45, 7) is 4.69. The highest BCUT2D eigenvalue weighted by molar-refractivity contribution is 8.00. The number of benzene rings is 5. The van der Waals surface area contributed by atoms with Gasteiger partial charge in [0.1, 0.15) is 23.0 Å². The van der Waals surface area contributed by atoms with E-state index in [0.717, 1.165) is 68.6 Å². The topological polar surface area (TPSA) is 42.5 Å². The number of rotatable bonds is 4. The summed E-state index contributed by atoms with van der Waals surface area (Å²) < 4.78 is 9.17. The van der Waals surface area contributed by atoms with Crippen molar-refractivity contribution in [1.29, 1.82) is 0 Å². The monoisotopic (exact) mass is 689 g/mol. The first-order chi connectivity index (χ1) is 25.7. The Balaban J connectivity index is 1.05. The number of hydrogen-bond donors (Lipinski definition) is 1. The number of nitrogens with zero attached hydrogens (tertiary/aromatic N) is 2. The zero-order chi connectivity index (χ0) is 34.3. The summed E-state index contributed by atoms with van der Waals surface area (Å²) in [5, 5.41) is 7.76. The summed E-state index contributed by atoms with van der Waals surface area (Å²) in [5.41, 5.74) is 12.6. The highest BCUT2D eigenvalue weighted by Crippen LogP contribution is 2.54. The third-order valence-electron chi connectivity index (χ3n) is 11.3. The van der Waals surface area contributed by atoms with Gasteiger partial charge in [0, 0.05) is 49.5 Å². The van der Waals surface area contributed by atoms with E-state index in [1.54, 1.807) is 0 Å². The number of para-hydroxylation sites is 1. The zero-order valence-electron chi connectivity index (χ0n) is 28.5. The lowest BCUT2D eigenvalue weighted by Crippen LogP contribution is -2.36. The maximum Gasteiger partial charge on any atom is 0.137 e. The molecule has 5 heteroatoms. The minimum Gasteiger partial charge on any atom is -0.456 e. The quantitative estimate of drug-likeness (QED) is 0.187. The number of hydrogen-bond acceptors (Lipinski definition) is 4. The lowest BCUT2D eigenvalue weighted by molar-refractivity contribution is 0.630. The van der Waals surface area contributed by atoms with Crippen molar-refractivity contribution in [1.82, 2.24) is 9.88 Å². The summed E-state index contributed by atoms with van der Waals surface area (Å²) >= 11 is 1.99. The van der Waals surface area contributed by atoms with E-state index in [4.69, 9.17) is 9.41 Å². The van der Waals surface area contributed by atoms with Crippen LogP contribution in [0, 0.1) is 0 Å². The number of thioether (sulfide) groups is 1. The van der Waals surface area contributed by atoms with Gasteiger partial charge < -0.3 is 14.3 Å². The largest absolute Gasteiger partial charge is 0.456 e. The first-order valence-electron chi connectivity index (χ1n) is 18.2. The molecule has 4 heterocycles. The third-order valence-corrected chi connectivity index (χ3v) is 12.6. The van der Waals surface area contributed by atoms with Crippen molar-refractivity contribution in [3.63, 3.8) is 0 Å². The molecule has 4 aliphatic rings. The number of fused-ring (bicyclic) bond motifs is 10. The van der Waals surface area contributed by atoms with E-state index >= 15 is 0 Å². The summed E-state index contributed by atoms with van der Waals surface area (Å²) in [5.74, 6) is 1.24. The van der Waals surface area contributed by atoms with E-state index in [1.165, 1.54) is 32.6 Å². The fourth-order valence-electron chi connectivity index (χ4n) is 8.95. The molecule has 250 valence electrons. The van der Waals surface area contributed by atoms with Gasteiger partial charge in [-0.15, -0.1) is 11.8 Å². The van der Waals surface area contributed by atoms with Gasteiger partial charge >= 0.3 is 0 Å². The molecule has 4 atom stereocenters. The highest BCUT2D eigenvalue weighted by atomic mass is 32.2. The molecule has 5 aromatic carbocycles. The molecule has 2 aliphatic carbocycles. The second-order valence-corrected chi connectivity index (χ2v) is 15.4. The second-order valence-electron chi connectivity index (χ2n) is 14.2. The highest BCUT2D eigenvalue weighted by Gasteiger charge is 2.39. The van der Waals surface area contributed by atoms with Crippen LogP contribution in [0.15, 0.2) is 172 Å². The van der Waals surface area contributed by atoms with Crippen LogP contribution in [0.2, 0.25) is 0 Å². The lowest BCUT2D eigenvalue weighted by atomic mass is 9.83. The zero-order valence-corrected chi connectivity index (χ0v) is 29.3. The van der Waals surface area contributed by atoms with E-state index in [9.17, 15) is 0 Å². The molecule has 4 nitrogen and oxygen atoms in total. The van der Waals surface area contributed by atoms with Crippen molar-refractivity contribution in [2.24, 2.45) is 4.99 Å². The SMILES string of the molecule is C=C1C(c2ccccc2)N=C(C2=CCCC=C2)N[C@H]1c1cccc2oc3cc(-n4c5c(c6ccccc64)C4c6ccccc6SC4C=C5)ccc3c12. The molecule has 0 saturated heterocycles. The Labute approximate surface area is 306 Å². The Morgan fingerprint density at radius 2 is 1.63 bits per heavy atom. The summed E-state index contributed by atoms with van der Waals surface area (Å²) in [4.78, 5) is 6.64. The molecule has 2 aliphatic heterocycles. The molecule has 11 rings (SSSR count). The fraction of sp³-hybridized carbons (Fsp3) is 0.128. The molecule has 0 saturated carbocycles. The minimum absolute atomic E-state index is 0.149. The van der Waals surface area contributed by atoms with Crippen molar-refractivity contribution in [3.8, 4) is 5.69 Å². The Morgan fingerprint density at radius 3 is 2.54 bits per heavy atom. The van der Waals surface area contributed by atoms with Crippen molar-refractivity contribution >= 4 is 56.5 Å². The van der Waals surface area contributed by atoms with E-state index in [-0.39, 0.29) is 12.1 Å². The van der Waals surface area contributed by atoms with E-state index in [1.807, 2.05) is 11.8 Å². The maximum atomic E-state index is 6.74. The molecule has 7 aromatic rings. The van der Waals surface area contributed by atoms with Crippen LogP contribution in [0.1, 0.15) is 58.8 Å². The summed E-state index contributed by atoms with van der Waals surface area (Å²) in [6.07, 6.45) is 13.5. The molecule has 0 fully saturated rings. The third kappa shape index (κ3) is 4.45. The second kappa shape index (κ2) is 11.6. The molecule has 0 bridgehead atoms. The Morgan fingerprint density at radius 1 is 0.788 bits per heavy atom. The van der Waals surface area contributed by atoms with Gasteiger partial charge in [0.05, 0.1) is 17.3 Å². The maximum absolute atomic E-state index is 6.74. The van der Waals surface area contributed by atoms with Crippen molar-refractivity contribution in [3.05, 3.63) is 185 Å². The predicted molar refractivity (Wildman–Crippen MR) is 216 cm³/mol. The fourth-order valence-corrected chi connectivity index (χ4v) is 10.3. The van der Waals surface area contributed by atoms with Crippen LogP contribution < -0.4 is 5.32 Å². The molecule has 0 radical (unpaired) electrons. The average Bonchev–Trinajstić information content (AvgIpc) is 3.87. The van der Waals surface area contributed by atoms with Crippen LogP contribution >= 0.6 is 11.8 Å². The Hall–Kier alpha value is -5.78. The number of aromatic nitrogens is 1. The number of aliphatic imine (C=N–C) groups is 1. The van der Waals surface area contributed by atoms with Crippen LogP contribution in [0.25, 0.3) is 44.6 Å². The number of allylic oxidation sites excluding steroid dienone is 2. The summed E-state index contributed by atoms with van der Waals surface area (Å²) in [7, 11) is 0. The molecule has 2 aromatic heterocycles. The number of amidine groups is 1. The van der Waals surface area contributed by atoms with Gasteiger partial charge in [-0.1, -0.05) is 110 Å². The average molecular weight is 690 g/mol. The molecule has 0 spiro atoms. The van der Waals surface area contributed by atoms with Gasteiger partial charge in [-0.2, -0.15) is 0 Å². The molecule has 52 heavy (non-hydrogen) atoms. The van der Waals surface area contributed by atoms with Crippen molar-refractivity contribution < 1.29 is 4.42 Å². The standard InChI is InChI=1S/C47H35N3OS/c1-28-45(29-13-4-2-5-14-29)48-47(30-15-6-3-7-16-30)49-46(28)35-19-12-21-38-42(35)33-24-23-31(27-39(33)51-38)50-36-20-10-8-17-32(36)43-37(50)25-26-41-44(43)34-18-9-11-22-40(34)52-41/h2,4-6,8-27,41,44-46H,1,3,7H2,(H,48,49)/t41?,44?,45?,46-/m1/s1. The van der Waals surface area contributed by atoms with Crippen molar-refractivity contribution in [2.75, 3.05) is 0 Å². The van der Waals surface area contributed by atoms with E-state index in [0.29, 0.717) is 11.2 Å². The van der Waals surface area contributed by atoms with Gasteiger partial charge in [-0.25, -0.2) is 0 Å². The van der Waals surface area contributed by atoms with E-state index < -0.39 is 0 Å². The molecule has 1 N–H and O–H groups in total. The molecular formula is C47H35N3OS. The smallest absolute Gasteiger partial charge is 0.137 e. The molecule has 3 unspecified atom stereocenters. The van der Waals surface area contributed by atoms with Crippen LogP contribution in [-0.2, 0) is 0 Å². The number of nitrogens with one attached hydrogen (secondary N) is 1. The van der Waals surface area contributed by atoms with Gasteiger partial charge in [0.2, 0.25) is 0 Å². The van der Waals surface area contributed by atoms with Crippen LogP contribution in [0.3, 0.4) is 0 Å². The molecular weight excluding hydrogens is 655 g/mol. The van der Waals surface area contributed by atoms with Gasteiger partial charge in [0.25, 0.3) is 0 Å². The van der Waals surface area contributed by atoms with Gasteiger partial charge in [-0.05, 0) is 77.1 Å². The van der Waals surface area contributed by atoms with Gasteiger partial charge in [-0.3, -0.25) is 4.99 Å². The first kappa shape index (κ1) is 29.9. The van der Waals surface area contributed by atoms with Crippen molar-refractivity contribution in [2.45, 2.75) is 41.0 Å². The van der Waals surface area contributed by atoms with E-state index in [2.05, 4.69) is 162 Å². The Bertz CT molecular complexity index is 2740. The normalized spacial score (nSPS) is 21.9. The van der Waals surface area contributed by atoms with Gasteiger partial charge in [0.15, 0.2) is 0 Å². The van der Waals surface area contributed by atoms with Crippen LogP contribution in [-0.4, -0.2) is 15.7 Å². The predicted octanol–water partition coefficient (Wildman–Crippen LogP) is 11.8. The minimum atomic E-state index is -0.162. The summed E-state index contributed by atoms with van der Waals surface area (Å²) in [6, 6.07) is 41.2. The van der Waals surface area contributed by atoms with Crippen LogP contribution in [0.5, 0.6) is 0 Å². The lowest BCUT2D eigenvalue weighted by Gasteiger charge is -2.34. The van der Waals surface area contributed by atoms with Crippen LogP contribution in [0.4, 0.5) is 0 Å². The molecule has 0 amide bonds. The Kier molecular flexibility index (Phi) is 6.68. The first-order valence-corrected chi connectivity index (χ1v) is 19.1. The number of furan rings is 1.